The van der Waals surface area contributed by atoms with Crippen molar-refractivity contribution in [2.24, 2.45) is 0 Å². The molecule has 0 spiro atoms. The molecule has 1 fully saturated rings. The lowest BCUT2D eigenvalue weighted by Gasteiger charge is -2.25. The SMILES string of the molecule is C[C@H](NC1CCCCCCC1)C(=O)Nc1c(Cl)cccc1Cl. The van der Waals surface area contributed by atoms with Crippen molar-refractivity contribution in [3.8, 4) is 0 Å². The van der Waals surface area contributed by atoms with Gasteiger partial charge in [0.1, 0.15) is 0 Å². The molecular weight excluding hydrogens is 319 g/mol. The molecule has 1 aliphatic carbocycles. The summed E-state index contributed by atoms with van der Waals surface area (Å²) in [5.41, 5.74) is 0.488. The summed E-state index contributed by atoms with van der Waals surface area (Å²) in [5, 5.41) is 7.19. The number of carbonyl (C=O) groups is 1. The van der Waals surface area contributed by atoms with Gasteiger partial charge in [-0.2, -0.15) is 0 Å². The molecule has 5 heteroatoms. The number of rotatable bonds is 4. The number of hydrogen-bond acceptors (Lipinski definition) is 2. The lowest BCUT2D eigenvalue weighted by Crippen LogP contribution is -2.44. The van der Waals surface area contributed by atoms with Crippen LogP contribution in [0.4, 0.5) is 5.69 Å². The molecule has 1 aromatic carbocycles. The van der Waals surface area contributed by atoms with Crippen LogP contribution in [-0.2, 0) is 4.79 Å². The summed E-state index contributed by atoms with van der Waals surface area (Å²) in [6.07, 6.45) is 8.70. The highest BCUT2D eigenvalue weighted by Gasteiger charge is 2.20. The molecule has 2 N–H and O–H groups in total. The average Bonchev–Trinajstić information content (AvgIpc) is 2.45. The molecule has 0 heterocycles. The van der Waals surface area contributed by atoms with E-state index in [1.165, 1.54) is 32.1 Å². The normalized spacial score (nSPS) is 18.3. The summed E-state index contributed by atoms with van der Waals surface area (Å²) in [5.74, 6) is -0.0999. The molecule has 0 radical (unpaired) electrons. The van der Waals surface area contributed by atoms with Gasteiger partial charge in [-0.1, -0.05) is 61.4 Å². The second-order valence-corrected chi connectivity index (χ2v) is 6.83. The Morgan fingerprint density at radius 2 is 1.64 bits per heavy atom. The van der Waals surface area contributed by atoms with Crippen LogP contribution in [-0.4, -0.2) is 18.0 Å². The van der Waals surface area contributed by atoms with Crippen LogP contribution in [0.15, 0.2) is 18.2 Å². The van der Waals surface area contributed by atoms with Gasteiger partial charge in [-0.05, 0) is 31.9 Å². The predicted molar refractivity (Wildman–Crippen MR) is 93.8 cm³/mol. The molecule has 1 aliphatic rings. The van der Waals surface area contributed by atoms with Crippen molar-refractivity contribution in [2.75, 3.05) is 5.32 Å². The first-order valence-electron chi connectivity index (χ1n) is 8.09. The fourth-order valence-electron chi connectivity index (χ4n) is 2.90. The number of carbonyl (C=O) groups excluding carboxylic acids is 1. The lowest BCUT2D eigenvalue weighted by atomic mass is 9.96. The number of benzene rings is 1. The topological polar surface area (TPSA) is 41.1 Å². The molecule has 2 rings (SSSR count). The largest absolute Gasteiger partial charge is 0.322 e. The van der Waals surface area contributed by atoms with E-state index in [1.54, 1.807) is 18.2 Å². The molecule has 122 valence electrons. The van der Waals surface area contributed by atoms with Crippen LogP contribution in [0.2, 0.25) is 10.0 Å². The summed E-state index contributed by atoms with van der Waals surface area (Å²) < 4.78 is 0. The molecule has 0 aliphatic heterocycles. The third-order valence-electron chi connectivity index (χ3n) is 4.20. The van der Waals surface area contributed by atoms with Gasteiger partial charge in [0.05, 0.1) is 21.8 Å². The van der Waals surface area contributed by atoms with Crippen molar-refractivity contribution in [3.63, 3.8) is 0 Å². The zero-order valence-electron chi connectivity index (χ0n) is 13.0. The van der Waals surface area contributed by atoms with Crippen LogP contribution in [0.25, 0.3) is 0 Å². The van der Waals surface area contributed by atoms with Gasteiger partial charge in [-0.3, -0.25) is 4.79 Å². The third kappa shape index (κ3) is 5.15. The van der Waals surface area contributed by atoms with Crippen LogP contribution in [0.5, 0.6) is 0 Å². The maximum atomic E-state index is 12.4. The Morgan fingerprint density at radius 1 is 1.09 bits per heavy atom. The number of halogens is 2. The number of nitrogens with one attached hydrogen (secondary N) is 2. The molecular formula is C17H24Cl2N2O. The molecule has 0 saturated heterocycles. The van der Waals surface area contributed by atoms with Crippen molar-refractivity contribution in [1.29, 1.82) is 0 Å². The van der Waals surface area contributed by atoms with Crippen molar-refractivity contribution in [2.45, 2.75) is 64.0 Å². The van der Waals surface area contributed by atoms with Gasteiger partial charge in [0, 0.05) is 6.04 Å². The summed E-state index contributed by atoms with van der Waals surface area (Å²) in [6.45, 7) is 1.89. The van der Waals surface area contributed by atoms with Crippen LogP contribution in [0.3, 0.4) is 0 Å². The zero-order chi connectivity index (χ0) is 15.9. The highest BCUT2D eigenvalue weighted by molar-refractivity contribution is 6.39. The summed E-state index contributed by atoms with van der Waals surface area (Å²) in [6, 6.07) is 5.35. The Hall–Kier alpha value is -0.770. The Labute approximate surface area is 142 Å². The van der Waals surface area contributed by atoms with Gasteiger partial charge in [-0.25, -0.2) is 0 Å². The average molecular weight is 343 g/mol. The van der Waals surface area contributed by atoms with Crippen LogP contribution < -0.4 is 10.6 Å². The Morgan fingerprint density at radius 3 is 2.23 bits per heavy atom. The second kappa shape index (κ2) is 8.76. The maximum Gasteiger partial charge on any atom is 0.241 e. The van der Waals surface area contributed by atoms with Gasteiger partial charge < -0.3 is 10.6 Å². The van der Waals surface area contributed by atoms with Gasteiger partial charge in [0.15, 0.2) is 0 Å². The number of para-hydroxylation sites is 1. The van der Waals surface area contributed by atoms with Gasteiger partial charge >= 0.3 is 0 Å². The minimum absolute atomic E-state index is 0.0999. The van der Waals surface area contributed by atoms with Crippen molar-refractivity contribution >= 4 is 34.8 Å². The summed E-state index contributed by atoms with van der Waals surface area (Å²) in [7, 11) is 0. The lowest BCUT2D eigenvalue weighted by molar-refractivity contribution is -0.118. The molecule has 22 heavy (non-hydrogen) atoms. The first kappa shape index (κ1) is 17.6. The molecule has 1 amide bonds. The first-order chi connectivity index (χ1) is 10.6. The fraction of sp³-hybridized carbons (Fsp3) is 0.588. The molecule has 0 aromatic heterocycles. The smallest absolute Gasteiger partial charge is 0.241 e. The zero-order valence-corrected chi connectivity index (χ0v) is 14.5. The Bertz CT molecular complexity index is 479. The molecule has 1 saturated carbocycles. The summed E-state index contributed by atoms with van der Waals surface area (Å²) >= 11 is 12.2. The van der Waals surface area contributed by atoms with E-state index in [2.05, 4.69) is 10.6 Å². The molecule has 1 aromatic rings. The number of hydrogen-bond donors (Lipinski definition) is 2. The summed E-state index contributed by atoms with van der Waals surface area (Å²) in [4.78, 5) is 12.4. The quantitative estimate of drug-likeness (QED) is 0.806. The highest BCUT2D eigenvalue weighted by atomic mass is 35.5. The van der Waals surface area contributed by atoms with E-state index in [4.69, 9.17) is 23.2 Å². The van der Waals surface area contributed by atoms with Gasteiger partial charge in [0.25, 0.3) is 0 Å². The highest BCUT2D eigenvalue weighted by Crippen LogP contribution is 2.29. The van der Waals surface area contributed by atoms with Gasteiger partial charge in [-0.15, -0.1) is 0 Å². The Kier molecular flexibility index (Phi) is 7.00. The standard InChI is InChI=1S/C17H24Cl2N2O/c1-12(20-13-8-5-3-2-4-6-9-13)17(22)21-16-14(18)10-7-11-15(16)19/h7,10-13,20H,2-6,8-9H2,1H3,(H,21,22)/t12-/m0/s1. The molecule has 0 bridgehead atoms. The predicted octanol–water partition coefficient (Wildman–Crippen LogP) is 5.02. The number of anilines is 1. The van der Waals surface area contributed by atoms with Crippen LogP contribution in [0, 0.1) is 0 Å². The van der Waals surface area contributed by atoms with E-state index in [-0.39, 0.29) is 11.9 Å². The van der Waals surface area contributed by atoms with Crippen molar-refractivity contribution < 1.29 is 4.79 Å². The molecule has 3 nitrogen and oxygen atoms in total. The van der Waals surface area contributed by atoms with E-state index < -0.39 is 0 Å². The van der Waals surface area contributed by atoms with Crippen LogP contribution >= 0.6 is 23.2 Å². The van der Waals surface area contributed by atoms with Crippen molar-refractivity contribution in [3.05, 3.63) is 28.2 Å². The Balaban J connectivity index is 1.91. The maximum absolute atomic E-state index is 12.4. The van der Waals surface area contributed by atoms with E-state index in [9.17, 15) is 4.79 Å². The molecule has 0 unspecified atom stereocenters. The van der Waals surface area contributed by atoms with E-state index >= 15 is 0 Å². The van der Waals surface area contributed by atoms with E-state index in [1.807, 2.05) is 6.92 Å². The second-order valence-electron chi connectivity index (χ2n) is 6.02. The van der Waals surface area contributed by atoms with E-state index in [0.717, 1.165) is 12.8 Å². The molecule has 1 atom stereocenters. The third-order valence-corrected chi connectivity index (χ3v) is 4.83. The monoisotopic (exact) mass is 342 g/mol. The number of amides is 1. The minimum atomic E-state index is -0.267. The van der Waals surface area contributed by atoms with Crippen molar-refractivity contribution in [1.82, 2.24) is 5.32 Å². The van der Waals surface area contributed by atoms with E-state index in [0.29, 0.717) is 21.8 Å². The minimum Gasteiger partial charge on any atom is -0.322 e. The fourth-order valence-corrected chi connectivity index (χ4v) is 3.39. The van der Waals surface area contributed by atoms with Crippen LogP contribution in [0.1, 0.15) is 51.9 Å². The first-order valence-corrected chi connectivity index (χ1v) is 8.84. The van der Waals surface area contributed by atoms with Gasteiger partial charge in [0.2, 0.25) is 5.91 Å².